The van der Waals surface area contributed by atoms with Crippen molar-refractivity contribution < 1.29 is 8.78 Å². The Morgan fingerprint density at radius 3 is 2.50 bits per heavy atom. The number of halogens is 3. The topological polar surface area (TPSA) is 26.0 Å². The highest BCUT2D eigenvalue weighted by atomic mass is 35.5. The lowest BCUT2D eigenvalue weighted by atomic mass is 10.1. The van der Waals surface area contributed by atoms with E-state index in [1.54, 1.807) is 12.1 Å². The van der Waals surface area contributed by atoms with Crippen molar-refractivity contribution in [1.82, 2.24) is 0 Å². The molecule has 16 heavy (non-hydrogen) atoms. The molecule has 0 fully saturated rings. The van der Waals surface area contributed by atoms with Crippen LogP contribution in [0.25, 0.3) is 0 Å². The fraction of sp³-hybridized carbons (Fsp3) is 0.0909. The van der Waals surface area contributed by atoms with Gasteiger partial charge in [0.1, 0.15) is 11.6 Å². The molecular weight excluding hydrogens is 252 g/mol. The van der Waals surface area contributed by atoms with Gasteiger partial charge >= 0.3 is 0 Å². The summed E-state index contributed by atoms with van der Waals surface area (Å²) in [6.45, 7) is 0. The first-order valence-corrected chi connectivity index (χ1v) is 5.79. The molecule has 84 valence electrons. The van der Waals surface area contributed by atoms with Crippen molar-refractivity contribution >= 4 is 22.9 Å². The largest absolute Gasteiger partial charge is 0.319 e. The second kappa shape index (κ2) is 4.49. The summed E-state index contributed by atoms with van der Waals surface area (Å²) in [5, 5.41) is 1.57. The van der Waals surface area contributed by atoms with Gasteiger partial charge < -0.3 is 5.73 Å². The van der Waals surface area contributed by atoms with E-state index in [-0.39, 0.29) is 10.6 Å². The van der Waals surface area contributed by atoms with Gasteiger partial charge in [0.15, 0.2) is 0 Å². The lowest BCUT2D eigenvalue weighted by Gasteiger charge is -2.13. The van der Waals surface area contributed by atoms with Crippen LogP contribution in [-0.2, 0) is 0 Å². The predicted octanol–water partition coefficient (Wildman–Crippen LogP) is 3.73. The molecular formula is C11H8ClF2NS. The maximum atomic E-state index is 13.5. The fourth-order valence-corrected chi connectivity index (χ4v) is 2.45. The van der Waals surface area contributed by atoms with Gasteiger partial charge in [-0.3, -0.25) is 0 Å². The van der Waals surface area contributed by atoms with Crippen molar-refractivity contribution in [2.24, 2.45) is 5.73 Å². The van der Waals surface area contributed by atoms with Gasteiger partial charge in [0.2, 0.25) is 0 Å². The second-order valence-corrected chi connectivity index (χ2v) is 4.61. The highest BCUT2D eigenvalue weighted by Crippen LogP contribution is 2.32. The molecule has 1 nitrogen and oxygen atoms in total. The SMILES string of the molecule is N[C@@H](c1cccs1)c1c(F)ccc(F)c1Cl. The van der Waals surface area contributed by atoms with Gasteiger partial charge in [-0.25, -0.2) is 8.78 Å². The molecule has 0 aliphatic rings. The number of hydrogen-bond acceptors (Lipinski definition) is 2. The standard InChI is InChI=1S/C11H8ClF2NS/c12-10-7(14)4-3-6(13)9(10)11(15)8-2-1-5-16-8/h1-5,11H,15H2/t11-/m0/s1. The lowest BCUT2D eigenvalue weighted by molar-refractivity contribution is 0.578. The van der Waals surface area contributed by atoms with Gasteiger partial charge in [-0.05, 0) is 23.6 Å². The minimum Gasteiger partial charge on any atom is -0.319 e. The van der Waals surface area contributed by atoms with Crippen LogP contribution in [0.4, 0.5) is 8.78 Å². The molecule has 1 aromatic carbocycles. The van der Waals surface area contributed by atoms with Crippen LogP contribution in [0.3, 0.4) is 0 Å². The first-order valence-electron chi connectivity index (χ1n) is 4.53. The van der Waals surface area contributed by atoms with Gasteiger partial charge in [-0.1, -0.05) is 17.7 Å². The number of thiophene rings is 1. The summed E-state index contributed by atoms with van der Waals surface area (Å²) in [5.74, 6) is -1.25. The average Bonchev–Trinajstić information content (AvgIpc) is 2.77. The van der Waals surface area contributed by atoms with Gasteiger partial charge in [-0.2, -0.15) is 0 Å². The van der Waals surface area contributed by atoms with Crippen LogP contribution >= 0.6 is 22.9 Å². The van der Waals surface area contributed by atoms with Gasteiger partial charge in [0.25, 0.3) is 0 Å². The van der Waals surface area contributed by atoms with Crippen molar-refractivity contribution in [2.75, 3.05) is 0 Å². The minimum atomic E-state index is -0.733. The molecule has 1 aromatic heterocycles. The van der Waals surface area contributed by atoms with Crippen LogP contribution in [0.5, 0.6) is 0 Å². The average molecular weight is 260 g/mol. The molecule has 1 heterocycles. The molecule has 0 saturated heterocycles. The Kier molecular flexibility index (Phi) is 3.23. The van der Waals surface area contributed by atoms with Crippen LogP contribution in [-0.4, -0.2) is 0 Å². The molecule has 1 atom stereocenters. The molecule has 0 radical (unpaired) electrons. The Morgan fingerprint density at radius 2 is 1.88 bits per heavy atom. The first-order chi connectivity index (χ1) is 7.61. The summed E-state index contributed by atoms with van der Waals surface area (Å²) < 4.78 is 26.8. The zero-order valence-electron chi connectivity index (χ0n) is 8.08. The third-order valence-corrected chi connectivity index (χ3v) is 3.58. The van der Waals surface area contributed by atoms with Crippen molar-refractivity contribution in [3.63, 3.8) is 0 Å². The van der Waals surface area contributed by atoms with Crippen LogP contribution in [0.1, 0.15) is 16.5 Å². The molecule has 5 heteroatoms. The summed E-state index contributed by atoms with van der Waals surface area (Å²) in [4.78, 5) is 0.742. The minimum absolute atomic E-state index is 0.00381. The molecule has 0 spiro atoms. The number of benzene rings is 1. The second-order valence-electron chi connectivity index (χ2n) is 3.25. The summed E-state index contributed by atoms with van der Waals surface area (Å²) in [6.07, 6.45) is 0. The maximum Gasteiger partial charge on any atom is 0.142 e. The lowest BCUT2D eigenvalue weighted by Crippen LogP contribution is -2.13. The Bertz CT molecular complexity index is 499. The Hall–Kier alpha value is -0.970. The van der Waals surface area contributed by atoms with E-state index < -0.39 is 17.7 Å². The Labute approximate surface area is 100 Å². The van der Waals surface area contributed by atoms with E-state index in [0.717, 1.165) is 17.0 Å². The molecule has 2 rings (SSSR count). The van der Waals surface area contributed by atoms with E-state index in [4.69, 9.17) is 17.3 Å². The van der Waals surface area contributed by atoms with Gasteiger partial charge in [0.05, 0.1) is 11.1 Å². The zero-order chi connectivity index (χ0) is 11.7. The number of rotatable bonds is 2. The van der Waals surface area contributed by atoms with Gasteiger partial charge in [-0.15, -0.1) is 11.3 Å². The molecule has 0 unspecified atom stereocenters. The molecule has 0 aliphatic heterocycles. The molecule has 0 bridgehead atoms. The molecule has 0 amide bonds. The van der Waals surface area contributed by atoms with Crippen molar-refractivity contribution in [3.8, 4) is 0 Å². The van der Waals surface area contributed by atoms with E-state index in [1.807, 2.05) is 5.38 Å². The zero-order valence-corrected chi connectivity index (χ0v) is 9.66. The van der Waals surface area contributed by atoms with E-state index in [9.17, 15) is 8.78 Å². The maximum absolute atomic E-state index is 13.5. The van der Waals surface area contributed by atoms with E-state index in [1.165, 1.54) is 11.3 Å². The molecule has 0 aliphatic carbocycles. The Morgan fingerprint density at radius 1 is 1.19 bits per heavy atom. The fourth-order valence-electron chi connectivity index (χ4n) is 1.44. The molecule has 2 N–H and O–H groups in total. The third-order valence-electron chi connectivity index (χ3n) is 2.24. The number of nitrogens with two attached hydrogens (primary N) is 1. The summed E-state index contributed by atoms with van der Waals surface area (Å²) in [6, 6.07) is 4.84. The van der Waals surface area contributed by atoms with Crippen LogP contribution in [0.15, 0.2) is 29.6 Å². The van der Waals surface area contributed by atoms with E-state index >= 15 is 0 Å². The van der Waals surface area contributed by atoms with Crippen LogP contribution in [0.2, 0.25) is 5.02 Å². The summed E-state index contributed by atoms with van der Waals surface area (Å²) in [5.41, 5.74) is 5.85. The predicted molar refractivity (Wildman–Crippen MR) is 61.7 cm³/mol. The summed E-state index contributed by atoms with van der Waals surface area (Å²) in [7, 11) is 0. The highest BCUT2D eigenvalue weighted by molar-refractivity contribution is 7.10. The van der Waals surface area contributed by atoms with Crippen molar-refractivity contribution in [3.05, 3.63) is 56.7 Å². The normalized spacial score (nSPS) is 12.8. The summed E-state index contributed by atoms with van der Waals surface area (Å²) >= 11 is 7.10. The van der Waals surface area contributed by atoms with Gasteiger partial charge in [0, 0.05) is 10.4 Å². The smallest absolute Gasteiger partial charge is 0.142 e. The van der Waals surface area contributed by atoms with E-state index in [2.05, 4.69) is 0 Å². The Balaban J connectivity index is 2.52. The van der Waals surface area contributed by atoms with Crippen molar-refractivity contribution in [2.45, 2.75) is 6.04 Å². The molecule has 0 saturated carbocycles. The monoisotopic (exact) mass is 259 g/mol. The number of hydrogen-bond donors (Lipinski definition) is 1. The van der Waals surface area contributed by atoms with Crippen molar-refractivity contribution in [1.29, 1.82) is 0 Å². The molecule has 2 aromatic rings. The van der Waals surface area contributed by atoms with Crippen LogP contribution in [0, 0.1) is 11.6 Å². The quantitative estimate of drug-likeness (QED) is 0.817. The third kappa shape index (κ3) is 1.96. The van der Waals surface area contributed by atoms with Crippen LogP contribution < -0.4 is 5.73 Å². The van der Waals surface area contributed by atoms with E-state index in [0.29, 0.717) is 0 Å². The highest BCUT2D eigenvalue weighted by Gasteiger charge is 2.20. The first kappa shape index (κ1) is 11.5.